The minimum Gasteiger partial charge on any atom is -0.497 e. The number of nitrogens with zero attached hydrogens (tertiary/aromatic N) is 4. The van der Waals surface area contributed by atoms with Crippen molar-refractivity contribution in [2.45, 2.75) is 13.1 Å². The minimum atomic E-state index is -0.530. The van der Waals surface area contributed by atoms with Gasteiger partial charge in [-0.2, -0.15) is 0 Å². The third kappa shape index (κ3) is 3.30. The SMILES string of the molecule is COc1ccc(Cn2c(=O)c3sccc3n3c(=O)n(Cc4c(F)cccc4Cl)nc23)cc1. The Labute approximate surface area is 189 Å². The highest BCUT2D eigenvalue weighted by Crippen LogP contribution is 2.21. The van der Waals surface area contributed by atoms with Crippen molar-refractivity contribution in [1.29, 1.82) is 0 Å². The lowest BCUT2D eigenvalue weighted by Crippen LogP contribution is -2.26. The van der Waals surface area contributed by atoms with Crippen molar-refractivity contribution in [2.75, 3.05) is 7.11 Å². The molecule has 5 rings (SSSR count). The van der Waals surface area contributed by atoms with Gasteiger partial charge in [-0.15, -0.1) is 16.4 Å². The van der Waals surface area contributed by atoms with E-state index in [1.54, 1.807) is 36.8 Å². The topological polar surface area (TPSA) is 70.5 Å². The fraction of sp³-hybridized carbons (Fsp3) is 0.136. The molecule has 0 bridgehead atoms. The van der Waals surface area contributed by atoms with Crippen LogP contribution in [0.1, 0.15) is 11.1 Å². The zero-order chi connectivity index (χ0) is 22.4. The number of rotatable bonds is 5. The maximum absolute atomic E-state index is 14.3. The number of aromatic nitrogens is 4. The predicted octanol–water partition coefficient (Wildman–Crippen LogP) is 3.77. The van der Waals surface area contributed by atoms with Gasteiger partial charge in [0.05, 0.1) is 25.7 Å². The van der Waals surface area contributed by atoms with E-state index in [-0.39, 0.29) is 35.0 Å². The third-order valence-corrected chi connectivity index (χ3v) is 6.50. The normalized spacial score (nSPS) is 11.5. The van der Waals surface area contributed by atoms with Crippen LogP contribution in [0, 0.1) is 5.82 Å². The second-order valence-electron chi connectivity index (χ2n) is 7.15. The van der Waals surface area contributed by atoms with Crippen LogP contribution in [0.2, 0.25) is 5.02 Å². The first kappa shape index (κ1) is 20.5. The molecule has 0 saturated carbocycles. The van der Waals surface area contributed by atoms with Gasteiger partial charge >= 0.3 is 5.69 Å². The van der Waals surface area contributed by atoms with Crippen LogP contribution in [-0.2, 0) is 13.1 Å². The molecular formula is C22H16ClFN4O3S. The van der Waals surface area contributed by atoms with Gasteiger partial charge in [0.15, 0.2) is 0 Å². The quantitative estimate of drug-likeness (QED) is 0.392. The van der Waals surface area contributed by atoms with Gasteiger partial charge in [0.1, 0.15) is 16.3 Å². The average molecular weight is 471 g/mol. The molecule has 0 radical (unpaired) electrons. The van der Waals surface area contributed by atoms with E-state index < -0.39 is 11.5 Å². The molecule has 32 heavy (non-hydrogen) atoms. The molecule has 10 heteroatoms. The number of hydrogen-bond acceptors (Lipinski definition) is 5. The summed E-state index contributed by atoms with van der Waals surface area (Å²) < 4.78 is 23.9. The Kier molecular flexibility index (Phi) is 5.07. The van der Waals surface area contributed by atoms with E-state index >= 15 is 0 Å². The summed E-state index contributed by atoms with van der Waals surface area (Å²) >= 11 is 7.40. The maximum atomic E-state index is 14.3. The summed E-state index contributed by atoms with van der Waals surface area (Å²) in [6, 6.07) is 13.3. The molecule has 0 saturated heterocycles. The summed E-state index contributed by atoms with van der Waals surface area (Å²) in [5, 5.41) is 6.34. The number of fused-ring (bicyclic) bond motifs is 3. The summed E-state index contributed by atoms with van der Waals surface area (Å²) in [5.74, 6) is 0.342. The summed E-state index contributed by atoms with van der Waals surface area (Å²) in [5.41, 5.74) is 0.734. The number of thiophene rings is 1. The first-order valence-corrected chi connectivity index (χ1v) is 10.9. The van der Waals surface area contributed by atoms with Crippen molar-refractivity contribution < 1.29 is 9.13 Å². The molecule has 0 aliphatic heterocycles. The molecule has 0 unspecified atom stereocenters. The Bertz CT molecular complexity index is 1560. The molecule has 3 aromatic heterocycles. The predicted molar refractivity (Wildman–Crippen MR) is 122 cm³/mol. The molecule has 0 aliphatic carbocycles. The highest BCUT2D eigenvalue weighted by molar-refractivity contribution is 7.17. The molecule has 0 aliphatic rings. The monoisotopic (exact) mass is 470 g/mol. The fourth-order valence-corrected chi connectivity index (χ4v) is 4.67. The van der Waals surface area contributed by atoms with E-state index in [0.29, 0.717) is 16.0 Å². The number of halogens is 2. The van der Waals surface area contributed by atoms with E-state index in [0.717, 1.165) is 10.2 Å². The highest BCUT2D eigenvalue weighted by atomic mass is 35.5. The van der Waals surface area contributed by atoms with Crippen LogP contribution < -0.4 is 16.0 Å². The lowest BCUT2D eigenvalue weighted by atomic mass is 10.2. The molecule has 162 valence electrons. The molecule has 2 aromatic carbocycles. The molecule has 0 atom stereocenters. The Balaban J connectivity index is 1.71. The van der Waals surface area contributed by atoms with Gasteiger partial charge in [0.2, 0.25) is 5.78 Å². The third-order valence-electron chi connectivity index (χ3n) is 5.26. The summed E-state index contributed by atoms with van der Waals surface area (Å²) in [7, 11) is 1.58. The highest BCUT2D eigenvalue weighted by Gasteiger charge is 2.20. The first-order valence-electron chi connectivity index (χ1n) is 9.63. The van der Waals surface area contributed by atoms with Crippen molar-refractivity contribution in [2.24, 2.45) is 0 Å². The van der Waals surface area contributed by atoms with Gasteiger partial charge in [-0.3, -0.25) is 9.36 Å². The van der Waals surface area contributed by atoms with Gasteiger partial charge in [-0.05, 0) is 41.3 Å². The van der Waals surface area contributed by atoms with Crippen LogP contribution in [0.5, 0.6) is 5.75 Å². The van der Waals surface area contributed by atoms with Crippen molar-refractivity contribution in [3.8, 4) is 5.75 Å². The zero-order valence-electron chi connectivity index (χ0n) is 16.8. The number of methoxy groups -OCH3 is 1. The first-order chi connectivity index (χ1) is 15.5. The lowest BCUT2D eigenvalue weighted by molar-refractivity contribution is 0.414. The maximum Gasteiger partial charge on any atom is 0.352 e. The molecule has 7 nitrogen and oxygen atoms in total. The van der Waals surface area contributed by atoms with Crippen LogP contribution in [0.25, 0.3) is 16.0 Å². The lowest BCUT2D eigenvalue weighted by Gasteiger charge is -2.08. The van der Waals surface area contributed by atoms with Crippen LogP contribution in [-0.4, -0.2) is 25.9 Å². The number of hydrogen-bond donors (Lipinski definition) is 0. The van der Waals surface area contributed by atoms with Crippen molar-refractivity contribution in [3.05, 3.63) is 96.7 Å². The molecule has 0 amide bonds. The van der Waals surface area contributed by atoms with Gasteiger partial charge < -0.3 is 4.74 Å². The van der Waals surface area contributed by atoms with E-state index in [1.165, 1.54) is 32.4 Å². The van der Waals surface area contributed by atoms with Gasteiger partial charge in [-0.1, -0.05) is 29.8 Å². The fourth-order valence-electron chi connectivity index (χ4n) is 3.63. The Hall–Kier alpha value is -3.43. The molecule has 3 heterocycles. The van der Waals surface area contributed by atoms with Crippen molar-refractivity contribution in [3.63, 3.8) is 0 Å². The van der Waals surface area contributed by atoms with E-state index in [9.17, 15) is 14.0 Å². The average Bonchev–Trinajstić information content (AvgIpc) is 3.39. The number of ether oxygens (including phenoxy) is 1. The Morgan fingerprint density at radius 1 is 1.09 bits per heavy atom. The molecule has 0 fully saturated rings. The Morgan fingerprint density at radius 2 is 1.88 bits per heavy atom. The van der Waals surface area contributed by atoms with E-state index in [4.69, 9.17) is 16.3 Å². The molecule has 5 aromatic rings. The number of benzene rings is 2. The van der Waals surface area contributed by atoms with Crippen LogP contribution in [0.15, 0.2) is 63.5 Å². The van der Waals surface area contributed by atoms with Crippen LogP contribution in [0.3, 0.4) is 0 Å². The van der Waals surface area contributed by atoms with Gasteiger partial charge in [-0.25, -0.2) is 18.3 Å². The summed E-state index contributed by atoms with van der Waals surface area (Å²) in [6.45, 7) is 0.0471. The van der Waals surface area contributed by atoms with Gasteiger partial charge in [0.25, 0.3) is 5.56 Å². The van der Waals surface area contributed by atoms with Crippen molar-refractivity contribution >= 4 is 38.9 Å². The summed E-state index contributed by atoms with van der Waals surface area (Å²) in [6.07, 6.45) is 0. The second kappa shape index (κ2) is 7.92. The van der Waals surface area contributed by atoms with Crippen LogP contribution >= 0.6 is 22.9 Å². The minimum absolute atomic E-state index is 0.158. The van der Waals surface area contributed by atoms with Gasteiger partial charge in [0, 0.05) is 10.6 Å². The smallest absolute Gasteiger partial charge is 0.352 e. The Morgan fingerprint density at radius 3 is 2.59 bits per heavy atom. The van der Waals surface area contributed by atoms with E-state index in [2.05, 4.69) is 5.10 Å². The molecule has 0 spiro atoms. The van der Waals surface area contributed by atoms with Crippen molar-refractivity contribution in [1.82, 2.24) is 18.7 Å². The molecule has 0 N–H and O–H groups in total. The van der Waals surface area contributed by atoms with E-state index in [1.807, 2.05) is 12.1 Å². The standard InChI is InChI=1S/C22H16ClFN4O3S/c1-31-14-7-5-13(6-8-14)11-26-20(29)19-18(9-10-32-19)28-21(26)25-27(22(28)30)12-15-16(23)3-2-4-17(15)24/h2-10H,11-12H2,1H3. The molecular weight excluding hydrogens is 455 g/mol. The second-order valence-corrected chi connectivity index (χ2v) is 8.47. The summed E-state index contributed by atoms with van der Waals surface area (Å²) in [4.78, 5) is 26.5. The zero-order valence-corrected chi connectivity index (χ0v) is 18.4. The largest absolute Gasteiger partial charge is 0.497 e. The van der Waals surface area contributed by atoms with Crippen LogP contribution in [0.4, 0.5) is 4.39 Å².